The summed E-state index contributed by atoms with van der Waals surface area (Å²) in [5, 5.41) is 3.30. The first kappa shape index (κ1) is 12.7. The van der Waals surface area contributed by atoms with Crippen LogP contribution in [0.1, 0.15) is 43.3 Å². The number of hydrogen-bond acceptors (Lipinski definition) is 4. The van der Waals surface area contributed by atoms with Gasteiger partial charge in [-0.3, -0.25) is 10.3 Å². The zero-order valence-corrected chi connectivity index (χ0v) is 10.6. The molecule has 0 bridgehead atoms. The summed E-state index contributed by atoms with van der Waals surface area (Å²) < 4.78 is 18.2. The number of aromatic nitrogens is 2. The van der Waals surface area contributed by atoms with Crippen molar-refractivity contribution in [2.75, 3.05) is 0 Å². The van der Waals surface area contributed by atoms with E-state index >= 15 is 0 Å². The summed E-state index contributed by atoms with van der Waals surface area (Å²) in [6, 6.07) is 3.04. The van der Waals surface area contributed by atoms with Gasteiger partial charge in [0.2, 0.25) is 5.89 Å². The van der Waals surface area contributed by atoms with Gasteiger partial charge in [0.05, 0.1) is 24.1 Å². The van der Waals surface area contributed by atoms with Crippen LogP contribution in [0.25, 0.3) is 0 Å². The smallest absolute Gasteiger partial charge is 0.211 e. The van der Waals surface area contributed by atoms with Crippen molar-refractivity contribution in [1.29, 1.82) is 0 Å². The Kier molecular flexibility index (Phi) is 3.72. The van der Waals surface area contributed by atoms with Crippen LogP contribution in [0.5, 0.6) is 0 Å². The third-order valence-electron chi connectivity index (χ3n) is 2.70. The summed E-state index contributed by atoms with van der Waals surface area (Å²) in [6.45, 7) is 5.78. The van der Waals surface area contributed by atoms with Gasteiger partial charge in [0.1, 0.15) is 11.6 Å². The van der Waals surface area contributed by atoms with Crippen LogP contribution < -0.4 is 5.32 Å². The lowest BCUT2D eigenvalue weighted by Crippen LogP contribution is -2.23. The summed E-state index contributed by atoms with van der Waals surface area (Å²) in [5.74, 6) is 1.09. The lowest BCUT2D eigenvalue weighted by Gasteiger charge is -2.17. The molecular weight excluding hydrogens is 233 g/mol. The summed E-state index contributed by atoms with van der Waals surface area (Å²) in [7, 11) is 0. The number of aryl methyl sites for hydroxylation is 1. The van der Waals surface area contributed by atoms with E-state index in [2.05, 4.69) is 15.3 Å². The Morgan fingerprint density at radius 1 is 1.17 bits per heavy atom. The van der Waals surface area contributed by atoms with Crippen LogP contribution in [0.15, 0.2) is 28.9 Å². The summed E-state index contributed by atoms with van der Waals surface area (Å²) in [6.07, 6.45) is 2.90. The molecule has 0 aliphatic heterocycles. The van der Waals surface area contributed by atoms with E-state index in [4.69, 9.17) is 4.42 Å². The predicted octanol–water partition coefficient (Wildman–Crippen LogP) is 2.93. The molecule has 18 heavy (non-hydrogen) atoms. The van der Waals surface area contributed by atoms with E-state index in [0.717, 1.165) is 11.5 Å². The van der Waals surface area contributed by atoms with Crippen LogP contribution >= 0.6 is 0 Å². The third-order valence-corrected chi connectivity index (χ3v) is 2.70. The summed E-state index contributed by atoms with van der Waals surface area (Å²) >= 11 is 0. The second-order valence-electron chi connectivity index (χ2n) is 4.32. The zero-order chi connectivity index (χ0) is 13.1. The quantitative estimate of drug-likeness (QED) is 0.905. The standard InChI is InChI=1S/C13H16FN3O/c1-8-6-16-13(18-8)10(3)17-9(2)12-5-4-11(14)7-15-12/h4-7,9-10,17H,1-3H3. The lowest BCUT2D eigenvalue weighted by molar-refractivity contribution is 0.377. The van der Waals surface area contributed by atoms with Gasteiger partial charge in [0.15, 0.2) is 0 Å². The topological polar surface area (TPSA) is 51.0 Å². The van der Waals surface area contributed by atoms with E-state index in [1.165, 1.54) is 12.3 Å². The van der Waals surface area contributed by atoms with E-state index in [0.29, 0.717) is 5.89 Å². The molecule has 0 spiro atoms. The second kappa shape index (κ2) is 5.27. The molecular formula is C13H16FN3O. The van der Waals surface area contributed by atoms with Gasteiger partial charge in [-0.1, -0.05) is 0 Å². The van der Waals surface area contributed by atoms with Gasteiger partial charge < -0.3 is 4.42 Å². The number of nitrogens with zero attached hydrogens (tertiary/aromatic N) is 2. The maximum absolute atomic E-state index is 12.8. The Morgan fingerprint density at radius 2 is 1.94 bits per heavy atom. The monoisotopic (exact) mass is 249 g/mol. The number of pyridine rings is 1. The molecule has 0 saturated carbocycles. The van der Waals surface area contributed by atoms with E-state index in [1.807, 2.05) is 20.8 Å². The average Bonchev–Trinajstić information content (AvgIpc) is 2.76. The molecule has 0 aliphatic rings. The van der Waals surface area contributed by atoms with Gasteiger partial charge in [0.25, 0.3) is 0 Å². The number of halogens is 1. The molecule has 0 amide bonds. The molecule has 2 rings (SSSR count). The minimum absolute atomic E-state index is 0.00666. The van der Waals surface area contributed by atoms with Crippen LogP contribution in [-0.4, -0.2) is 9.97 Å². The minimum atomic E-state index is -0.331. The number of oxazole rings is 1. The lowest BCUT2D eigenvalue weighted by atomic mass is 10.2. The Bertz CT molecular complexity index is 509. The highest BCUT2D eigenvalue weighted by molar-refractivity contribution is 5.09. The largest absolute Gasteiger partial charge is 0.444 e. The molecule has 2 heterocycles. The highest BCUT2D eigenvalue weighted by Gasteiger charge is 2.15. The highest BCUT2D eigenvalue weighted by atomic mass is 19.1. The molecule has 5 heteroatoms. The van der Waals surface area contributed by atoms with E-state index in [9.17, 15) is 4.39 Å². The van der Waals surface area contributed by atoms with E-state index in [1.54, 1.807) is 12.3 Å². The molecule has 1 N–H and O–H groups in total. The first-order valence-electron chi connectivity index (χ1n) is 5.86. The van der Waals surface area contributed by atoms with Crippen LogP contribution in [-0.2, 0) is 0 Å². The molecule has 4 nitrogen and oxygen atoms in total. The SMILES string of the molecule is Cc1cnc(C(C)NC(C)c2ccc(F)cn2)o1. The molecule has 0 fully saturated rings. The van der Waals surface area contributed by atoms with Crippen molar-refractivity contribution < 1.29 is 8.81 Å². The highest BCUT2D eigenvalue weighted by Crippen LogP contribution is 2.17. The van der Waals surface area contributed by atoms with Gasteiger partial charge in [-0.25, -0.2) is 9.37 Å². The predicted molar refractivity (Wildman–Crippen MR) is 65.4 cm³/mol. The van der Waals surface area contributed by atoms with Gasteiger partial charge in [-0.15, -0.1) is 0 Å². The fourth-order valence-corrected chi connectivity index (χ4v) is 1.75. The molecule has 0 saturated heterocycles. The first-order chi connectivity index (χ1) is 8.56. The van der Waals surface area contributed by atoms with E-state index in [-0.39, 0.29) is 17.9 Å². The van der Waals surface area contributed by atoms with Crippen molar-refractivity contribution in [2.24, 2.45) is 0 Å². The van der Waals surface area contributed by atoms with Gasteiger partial charge in [0, 0.05) is 6.04 Å². The molecule has 2 unspecified atom stereocenters. The second-order valence-corrected chi connectivity index (χ2v) is 4.32. The van der Waals surface area contributed by atoms with Crippen LogP contribution in [0, 0.1) is 12.7 Å². The van der Waals surface area contributed by atoms with Crippen molar-refractivity contribution in [3.05, 3.63) is 47.7 Å². The molecule has 2 aromatic rings. The number of rotatable bonds is 4. The van der Waals surface area contributed by atoms with Crippen molar-refractivity contribution in [2.45, 2.75) is 32.9 Å². The zero-order valence-electron chi connectivity index (χ0n) is 10.6. The maximum atomic E-state index is 12.8. The molecule has 96 valence electrons. The minimum Gasteiger partial charge on any atom is -0.444 e. The number of hydrogen-bond donors (Lipinski definition) is 1. The Balaban J connectivity index is 2.02. The van der Waals surface area contributed by atoms with Crippen LogP contribution in [0.3, 0.4) is 0 Å². The molecule has 0 radical (unpaired) electrons. The maximum Gasteiger partial charge on any atom is 0.211 e. The van der Waals surface area contributed by atoms with E-state index < -0.39 is 0 Å². The van der Waals surface area contributed by atoms with Crippen molar-refractivity contribution in [3.63, 3.8) is 0 Å². The number of nitrogens with one attached hydrogen (secondary N) is 1. The normalized spacial score (nSPS) is 14.4. The Morgan fingerprint density at radius 3 is 2.50 bits per heavy atom. The molecule has 2 atom stereocenters. The Hall–Kier alpha value is -1.75. The average molecular weight is 249 g/mol. The van der Waals surface area contributed by atoms with Crippen molar-refractivity contribution in [3.8, 4) is 0 Å². The van der Waals surface area contributed by atoms with Gasteiger partial charge in [-0.05, 0) is 32.9 Å². The van der Waals surface area contributed by atoms with Crippen LogP contribution in [0.4, 0.5) is 4.39 Å². The van der Waals surface area contributed by atoms with Crippen molar-refractivity contribution >= 4 is 0 Å². The Labute approximate surface area is 105 Å². The van der Waals surface area contributed by atoms with Gasteiger partial charge in [-0.2, -0.15) is 0 Å². The molecule has 0 aromatic carbocycles. The fraction of sp³-hybridized carbons (Fsp3) is 0.385. The fourth-order valence-electron chi connectivity index (χ4n) is 1.75. The summed E-state index contributed by atoms with van der Waals surface area (Å²) in [5.41, 5.74) is 0.784. The van der Waals surface area contributed by atoms with Crippen LogP contribution in [0.2, 0.25) is 0 Å². The third kappa shape index (κ3) is 2.92. The first-order valence-corrected chi connectivity index (χ1v) is 5.86. The van der Waals surface area contributed by atoms with Gasteiger partial charge >= 0.3 is 0 Å². The summed E-state index contributed by atoms with van der Waals surface area (Å²) in [4.78, 5) is 8.21. The molecule has 0 aliphatic carbocycles. The molecule has 2 aromatic heterocycles. The van der Waals surface area contributed by atoms with Crippen molar-refractivity contribution in [1.82, 2.24) is 15.3 Å².